The van der Waals surface area contributed by atoms with Gasteiger partial charge in [0, 0.05) is 31.2 Å². The molecule has 4 rings (SSSR count). The number of sulfonamides is 1. The molecular weight excluding hydrogens is 398 g/mol. The number of amides is 1. The van der Waals surface area contributed by atoms with Gasteiger partial charge in [-0.3, -0.25) is 4.79 Å². The number of nitrogens with one attached hydrogen (secondary N) is 1. The van der Waals surface area contributed by atoms with E-state index in [1.54, 1.807) is 12.1 Å². The molecule has 0 radical (unpaired) electrons. The molecule has 2 heterocycles. The van der Waals surface area contributed by atoms with Crippen LogP contribution in [-0.4, -0.2) is 51.4 Å². The highest BCUT2D eigenvalue weighted by Crippen LogP contribution is 2.59. The van der Waals surface area contributed by atoms with E-state index in [9.17, 15) is 13.2 Å². The summed E-state index contributed by atoms with van der Waals surface area (Å²) in [7, 11) is -3.46. The first-order valence-electron chi connectivity index (χ1n) is 10.1. The number of carbonyl (C=O) groups is 1. The van der Waals surface area contributed by atoms with Gasteiger partial charge < -0.3 is 10.2 Å². The number of fused-ring (bicyclic) bond motifs is 1. The molecule has 0 bridgehead atoms. The molecule has 1 amide bonds. The summed E-state index contributed by atoms with van der Waals surface area (Å²) in [5.41, 5.74) is 2.09. The molecule has 28 heavy (non-hydrogen) atoms. The Morgan fingerprint density at radius 3 is 2.57 bits per heavy atom. The molecule has 156 valence electrons. The third-order valence-corrected chi connectivity index (χ3v) is 8.69. The Labute approximate surface area is 174 Å². The van der Waals surface area contributed by atoms with Gasteiger partial charge in [0.15, 0.2) is 0 Å². The second kappa shape index (κ2) is 7.94. The molecule has 1 aromatic rings. The smallest absolute Gasteiger partial charge is 0.243 e. The molecule has 1 saturated carbocycles. The summed E-state index contributed by atoms with van der Waals surface area (Å²) in [4.78, 5) is 15.3. The van der Waals surface area contributed by atoms with Crippen LogP contribution in [0.1, 0.15) is 38.7 Å². The SMILES string of the molecule is CCN(CC)S(=O)(=O)c1ccc2c(c1)CCN2C(=O)C1CC12CCNCC2.Cl. The molecule has 1 atom stereocenters. The first-order valence-corrected chi connectivity index (χ1v) is 11.5. The largest absolute Gasteiger partial charge is 0.317 e. The van der Waals surface area contributed by atoms with Gasteiger partial charge in [0.25, 0.3) is 0 Å². The van der Waals surface area contributed by atoms with E-state index in [1.807, 2.05) is 24.8 Å². The third kappa shape index (κ3) is 3.47. The van der Waals surface area contributed by atoms with Crippen molar-refractivity contribution in [3.8, 4) is 0 Å². The quantitative estimate of drug-likeness (QED) is 0.783. The summed E-state index contributed by atoms with van der Waals surface area (Å²) >= 11 is 0. The molecule has 6 nitrogen and oxygen atoms in total. The highest BCUT2D eigenvalue weighted by atomic mass is 35.5. The standard InChI is InChI=1S/C20H29N3O3S.ClH/c1-3-22(4-2)27(25,26)16-5-6-18-15(13-16)7-12-23(18)19(24)17-14-20(17)8-10-21-11-9-20;/h5-6,13,17,21H,3-4,7-12,14H2,1-2H3;1H. The predicted molar refractivity (Wildman–Crippen MR) is 112 cm³/mol. The van der Waals surface area contributed by atoms with Gasteiger partial charge in [-0.05, 0) is 68.0 Å². The lowest BCUT2D eigenvalue weighted by Crippen LogP contribution is -2.35. The summed E-state index contributed by atoms with van der Waals surface area (Å²) < 4.78 is 27.0. The average Bonchev–Trinajstić information content (AvgIpc) is 3.18. The van der Waals surface area contributed by atoms with Gasteiger partial charge in [-0.15, -0.1) is 12.4 Å². The van der Waals surface area contributed by atoms with Crippen molar-refractivity contribution in [1.29, 1.82) is 0 Å². The maximum absolute atomic E-state index is 13.1. The molecule has 2 aliphatic heterocycles. The Kier molecular flexibility index (Phi) is 6.11. The third-order valence-electron chi connectivity index (χ3n) is 6.64. The van der Waals surface area contributed by atoms with Crippen LogP contribution in [0.5, 0.6) is 0 Å². The lowest BCUT2D eigenvalue weighted by molar-refractivity contribution is -0.120. The summed E-state index contributed by atoms with van der Waals surface area (Å²) in [5, 5.41) is 3.38. The fourth-order valence-electron chi connectivity index (χ4n) is 4.84. The van der Waals surface area contributed by atoms with E-state index in [1.165, 1.54) is 4.31 Å². The minimum absolute atomic E-state index is 0. The second-order valence-corrected chi connectivity index (χ2v) is 9.93. The number of hydrogen-bond acceptors (Lipinski definition) is 4. The van der Waals surface area contributed by atoms with Crippen LogP contribution in [-0.2, 0) is 21.2 Å². The van der Waals surface area contributed by atoms with Gasteiger partial charge in [0.2, 0.25) is 15.9 Å². The minimum Gasteiger partial charge on any atom is -0.317 e. The Bertz CT molecular complexity index is 848. The fourth-order valence-corrected chi connectivity index (χ4v) is 6.35. The first-order chi connectivity index (χ1) is 12.9. The lowest BCUT2D eigenvalue weighted by Gasteiger charge is -2.25. The van der Waals surface area contributed by atoms with Crippen LogP contribution in [0.3, 0.4) is 0 Å². The average molecular weight is 428 g/mol. The lowest BCUT2D eigenvalue weighted by atomic mass is 9.91. The van der Waals surface area contributed by atoms with E-state index in [-0.39, 0.29) is 29.6 Å². The zero-order valence-electron chi connectivity index (χ0n) is 16.6. The molecule has 8 heteroatoms. The number of anilines is 1. The van der Waals surface area contributed by atoms with Gasteiger partial charge in [-0.2, -0.15) is 4.31 Å². The Morgan fingerprint density at radius 2 is 1.93 bits per heavy atom. The molecular formula is C20H30ClN3O3S. The number of hydrogen-bond donors (Lipinski definition) is 1. The number of nitrogens with zero attached hydrogens (tertiary/aromatic N) is 2. The summed E-state index contributed by atoms with van der Waals surface area (Å²) in [6, 6.07) is 5.25. The highest BCUT2D eigenvalue weighted by molar-refractivity contribution is 7.89. The van der Waals surface area contributed by atoms with Crippen LogP contribution in [0.15, 0.2) is 23.1 Å². The topological polar surface area (TPSA) is 69.7 Å². The first kappa shape index (κ1) is 21.6. The van der Waals surface area contributed by atoms with Gasteiger partial charge in [0.05, 0.1) is 4.90 Å². The fraction of sp³-hybridized carbons (Fsp3) is 0.650. The van der Waals surface area contributed by atoms with Gasteiger partial charge >= 0.3 is 0 Å². The molecule has 1 spiro atoms. The summed E-state index contributed by atoms with van der Waals surface area (Å²) in [6.07, 6.45) is 3.91. The van der Waals surface area contributed by atoms with Crippen molar-refractivity contribution in [2.75, 3.05) is 37.6 Å². The molecule has 2 fully saturated rings. The number of benzene rings is 1. The van der Waals surface area contributed by atoms with Crippen molar-refractivity contribution >= 4 is 34.0 Å². The van der Waals surface area contributed by atoms with Crippen LogP contribution in [0.4, 0.5) is 5.69 Å². The van der Waals surface area contributed by atoms with Gasteiger partial charge in [0.1, 0.15) is 0 Å². The summed E-state index contributed by atoms with van der Waals surface area (Å²) in [6.45, 7) is 7.29. The number of rotatable bonds is 5. The highest BCUT2D eigenvalue weighted by Gasteiger charge is 2.59. The molecule has 1 N–H and O–H groups in total. The van der Waals surface area contributed by atoms with Gasteiger partial charge in [-0.1, -0.05) is 13.8 Å². The van der Waals surface area contributed by atoms with E-state index in [0.29, 0.717) is 24.5 Å². The maximum Gasteiger partial charge on any atom is 0.243 e. The number of halogens is 1. The van der Waals surface area contributed by atoms with Crippen LogP contribution in [0.2, 0.25) is 0 Å². The van der Waals surface area contributed by atoms with Crippen molar-refractivity contribution in [3.05, 3.63) is 23.8 Å². The Hall–Kier alpha value is -1.15. The van der Waals surface area contributed by atoms with E-state index in [2.05, 4.69) is 5.32 Å². The van der Waals surface area contributed by atoms with Crippen LogP contribution in [0.25, 0.3) is 0 Å². The van der Waals surface area contributed by atoms with E-state index in [4.69, 9.17) is 0 Å². The second-order valence-electron chi connectivity index (χ2n) is 7.99. The zero-order chi connectivity index (χ0) is 19.2. The molecule has 1 saturated heterocycles. The number of piperidine rings is 1. The Morgan fingerprint density at radius 1 is 1.25 bits per heavy atom. The monoisotopic (exact) mass is 427 g/mol. The minimum atomic E-state index is -3.46. The van der Waals surface area contributed by atoms with Crippen molar-refractivity contribution in [1.82, 2.24) is 9.62 Å². The van der Waals surface area contributed by atoms with Crippen LogP contribution < -0.4 is 10.2 Å². The van der Waals surface area contributed by atoms with Crippen molar-refractivity contribution < 1.29 is 13.2 Å². The van der Waals surface area contributed by atoms with Crippen molar-refractivity contribution in [2.45, 2.75) is 44.4 Å². The summed E-state index contributed by atoms with van der Waals surface area (Å²) in [5.74, 6) is 0.375. The molecule has 0 aromatic heterocycles. The molecule has 3 aliphatic rings. The van der Waals surface area contributed by atoms with Crippen LogP contribution in [0, 0.1) is 11.3 Å². The molecule has 1 unspecified atom stereocenters. The molecule has 1 aromatic carbocycles. The van der Waals surface area contributed by atoms with E-state index in [0.717, 1.165) is 50.0 Å². The van der Waals surface area contributed by atoms with Gasteiger partial charge in [-0.25, -0.2) is 8.42 Å². The maximum atomic E-state index is 13.1. The van der Waals surface area contributed by atoms with Crippen molar-refractivity contribution in [2.24, 2.45) is 11.3 Å². The predicted octanol–water partition coefficient (Wildman–Crippen LogP) is 2.42. The van der Waals surface area contributed by atoms with E-state index < -0.39 is 10.0 Å². The molecule has 1 aliphatic carbocycles. The number of carbonyl (C=O) groups excluding carboxylic acids is 1. The van der Waals surface area contributed by atoms with Crippen molar-refractivity contribution in [3.63, 3.8) is 0 Å². The zero-order valence-corrected chi connectivity index (χ0v) is 18.2. The van der Waals surface area contributed by atoms with Crippen LogP contribution >= 0.6 is 12.4 Å². The van der Waals surface area contributed by atoms with E-state index >= 15 is 0 Å². The Balaban J connectivity index is 0.00000225. The normalized spacial score (nSPS) is 22.8.